The van der Waals surface area contributed by atoms with Crippen molar-refractivity contribution in [1.29, 1.82) is 0 Å². The summed E-state index contributed by atoms with van der Waals surface area (Å²) in [4.78, 5) is 24.8. The van der Waals surface area contributed by atoms with Gasteiger partial charge >= 0.3 is 11.9 Å². The zero-order valence-electron chi connectivity index (χ0n) is 13.0. The van der Waals surface area contributed by atoms with Crippen molar-refractivity contribution in [3.8, 4) is 0 Å². The topological polar surface area (TPSA) is 52.6 Å². The molecular formula is C16H26O4. The standard InChI is InChI=1S/C16H26O4/c1-5-19-13(17)11-12(14(18)20-6-2)16(4)9-7-15(11,3)8-10-16/h11-12H,5-10H2,1-4H3/t11-,12-,15?,16?/m0/s1. The van der Waals surface area contributed by atoms with Crippen LogP contribution >= 0.6 is 0 Å². The van der Waals surface area contributed by atoms with Gasteiger partial charge in [0, 0.05) is 0 Å². The summed E-state index contributed by atoms with van der Waals surface area (Å²) >= 11 is 0. The minimum atomic E-state index is -0.353. The highest BCUT2D eigenvalue weighted by Crippen LogP contribution is 2.62. The second-order valence-corrected chi connectivity index (χ2v) is 6.77. The van der Waals surface area contributed by atoms with Gasteiger partial charge in [0.15, 0.2) is 0 Å². The third-order valence-corrected chi connectivity index (χ3v) is 5.45. The molecule has 0 N–H and O–H groups in total. The van der Waals surface area contributed by atoms with Crippen LogP contribution in [0.15, 0.2) is 0 Å². The summed E-state index contributed by atoms with van der Waals surface area (Å²) in [6.07, 6.45) is 3.96. The minimum absolute atomic E-state index is 0.124. The predicted octanol–water partition coefficient (Wildman–Crippen LogP) is 2.95. The van der Waals surface area contributed by atoms with E-state index in [2.05, 4.69) is 13.8 Å². The van der Waals surface area contributed by atoms with E-state index in [1.54, 1.807) is 0 Å². The van der Waals surface area contributed by atoms with Crippen molar-refractivity contribution >= 4 is 11.9 Å². The van der Waals surface area contributed by atoms with Crippen LogP contribution in [0.1, 0.15) is 53.4 Å². The Morgan fingerprint density at radius 1 is 0.850 bits per heavy atom. The average molecular weight is 282 g/mol. The highest BCUT2D eigenvalue weighted by molar-refractivity contribution is 5.84. The molecule has 0 radical (unpaired) electrons. The van der Waals surface area contributed by atoms with E-state index in [-0.39, 0.29) is 34.6 Å². The van der Waals surface area contributed by atoms with Crippen LogP contribution in [0.25, 0.3) is 0 Å². The molecule has 0 aliphatic heterocycles. The monoisotopic (exact) mass is 282 g/mol. The zero-order valence-corrected chi connectivity index (χ0v) is 13.0. The molecular weight excluding hydrogens is 256 g/mol. The van der Waals surface area contributed by atoms with Crippen LogP contribution in [0.3, 0.4) is 0 Å². The molecule has 4 heteroatoms. The van der Waals surface area contributed by atoms with Gasteiger partial charge in [0.05, 0.1) is 25.0 Å². The van der Waals surface area contributed by atoms with Crippen LogP contribution in [-0.4, -0.2) is 25.2 Å². The molecule has 3 aliphatic carbocycles. The van der Waals surface area contributed by atoms with Crippen molar-refractivity contribution in [2.24, 2.45) is 22.7 Å². The van der Waals surface area contributed by atoms with Gasteiger partial charge in [0.1, 0.15) is 0 Å². The Hall–Kier alpha value is -1.06. The number of carbonyl (C=O) groups is 2. The van der Waals surface area contributed by atoms with E-state index in [4.69, 9.17) is 9.47 Å². The molecule has 0 amide bonds. The zero-order chi connectivity index (χ0) is 15.0. The third kappa shape index (κ3) is 2.33. The molecule has 3 saturated carbocycles. The molecule has 0 aromatic heterocycles. The molecule has 3 fully saturated rings. The number of carbonyl (C=O) groups excluding carboxylic acids is 2. The van der Waals surface area contributed by atoms with E-state index in [9.17, 15) is 9.59 Å². The molecule has 0 spiro atoms. The van der Waals surface area contributed by atoms with Crippen molar-refractivity contribution in [3.05, 3.63) is 0 Å². The lowest BCUT2D eigenvalue weighted by molar-refractivity contribution is -0.190. The summed E-state index contributed by atoms with van der Waals surface area (Å²) in [5, 5.41) is 0. The number of ether oxygens (including phenoxy) is 2. The minimum Gasteiger partial charge on any atom is -0.466 e. The normalized spacial score (nSPS) is 39.4. The summed E-state index contributed by atoms with van der Waals surface area (Å²) < 4.78 is 10.5. The Morgan fingerprint density at radius 3 is 1.40 bits per heavy atom. The lowest BCUT2D eigenvalue weighted by atomic mass is 9.45. The second kappa shape index (κ2) is 5.38. The van der Waals surface area contributed by atoms with Crippen LogP contribution < -0.4 is 0 Å². The van der Waals surface area contributed by atoms with Gasteiger partial charge in [-0.1, -0.05) is 13.8 Å². The van der Waals surface area contributed by atoms with Gasteiger partial charge in [-0.05, 0) is 50.4 Å². The molecule has 20 heavy (non-hydrogen) atoms. The first-order valence-corrected chi connectivity index (χ1v) is 7.71. The van der Waals surface area contributed by atoms with Gasteiger partial charge in [0.25, 0.3) is 0 Å². The summed E-state index contributed by atoms with van der Waals surface area (Å²) in [5.41, 5.74) is -0.247. The van der Waals surface area contributed by atoms with Gasteiger partial charge in [0.2, 0.25) is 0 Å². The van der Waals surface area contributed by atoms with Gasteiger partial charge in [-0.15, -0.1) is 0 Å². The fraction of sp³-hybridized carbons (Fsp3) is 0.875. The Bertz CT molecular complexity index is 355. The van der Waals surface area contributed by atoms with Gasteiger partial charge in [-0.25, -0.2) is 0 Å². The Kier molecular flexibility index (Phi) is 4.12. The van der Waals surface area contributed by atoms with Crippen LogP contribution in [0.2, 0.25) is 0 Å². The summed E-state index contributed by atoms with van der Waals surface area (Å²) in [6.45, 7) is 8.58. The largest absolute Gasteiger partial charge is 0.466 e. The summed E-state index contributed by atoms with van der Waals surface area (Å²) in [5.74, 6) is -1.15. The maximum Gasteiger partial charge on any atom is 0.310 e. The fourth-order valence-electron chi connectivity index (χ4n) is 4.12. The van der Waals surface area contributed by atoms with E-state index in [1.165, 1.54) is 0 Å². The number of hydrogen-bond acceptors (Lipinski definition) is 4. The van der Waals surface area contributed by atoms with Crippen molar-refractivity contribution < 1.29 is 19.1 Å². The predicted molar refractivity (Wildman–Crippen MR) is 74.9 cm³/mol. The quantitative estimate of drug-likeness (QED) is 0.744. The number of esters is 2. The SMILES string of the molecule is CCOC(=O)[C@@H]1[C@@H](C(=O)OCC)C2(C)CCC1(C)CC2. The van der Waals surface area contributed by atoms with Gasteiger partial charge < -0.3 is 9.47 Å². The molecule has 3 aliphatic rings. The molecule has 0 unspecified atom stereocenters. The maximum absolute atomic E-state index is 12.4. The first-order valence-electron chi connectivity index (χ1n) is 7.71. The van der Waals surface area contributed by atoms with Crippen molar-refractivity contribution in [2.75, 3.05) is 13.2 Å². The summed E-state index contributed by atoms with van der Waals surface area (Å²) in [7, 11) is 0. The molecule has 0 aromatic rings. The Balaban J connectivity index is 2.36. The third-order valence-electron chi connectivity index (χ3n) is 5.45. The van der Waals surface area contributed by atoms with Gasteiger partial charge in [-0.2, -0.15) is 0 Å². The molecule has 2 bridgehead atoms. The van der Waals surface area contributed by atoms with E-state index < -0.39 is 0 Å². The smallest absolute Gasteiger partial charge is 0.310 e. The number of hydrogen-bond donors (Lipinski definition) is 0. The first kappa shape index (κ1) is 15.3. The van der Waals surface area contributed by atoms with Crippen molar-refractivity contribution in [3.63, 3.8) is 0 Å². The van der Waals surface area contributed by atoms with Crippen LogP contribution in [-0.2, 0) is 19.1 Å². The van der Waals surface area contributed by atoms with Crippen LogP contribution in [0.4, 0.5) is 0 Å². The fourth-order valence-corrected chi connectivity index (χ4v) is 4.12. The number of rotatable bonds is 4. The average Bonchev–Trinajstić information content (AvgIpc) is 2.39. The molecule has 3 rings (SSSR count). The highest BCUT2D eigenvalue weighted by Gasteiger charge is 2.62. The lowest BCUT2D eigenvalue weighted by Gasteiger charge is -2.58. The highest BCUT2D eigenvalue weighted by atomic mass is 16.5. The van der Waals surface area contributed by atoms with E-state index >= 15 is 0 Å². The van der Waals surface area contributed by atoms with Gasteiger partial charge in [-0.3, -0.25) is 9.59 Å². The summed E-state index contributed by atoms with van der Waals surface area (Å²) in [6, 6.07) is 0. The Morgan fingerprint density at radius 2 is 1.15 bits per heavy atom. The van der Waals surface area contributed by atoms with E-state index in [0.29, 0.717) is 13.2 Å². The lowest BCUT2D eigenvalue weighted by Crippen LogP contribution is -2.58. The van der Waals surface area contributed by atoms with Crippen molar-refractivity contribution in [2.45, 2.75) is 53.4 Å². The Labute approximate surface area is 121 Å². The molecule has 4 nitrogen and oxygen atoms in total. The van der Waals surface area contributed by atoms with E-state index in [0.717, 1.165) is 25.7 Å². The number of fused-ring (bicyclic) bond motifs is 3. The molecule has 0 aromatic carbocycles. The molecule has 114 valence electrons. The van der Waals surface area contributed by atoms with Crippen LogP contribution in [0, 0.1) is 22.7 Å². The molecule has 2 atom stereocenters. The molecule has 0 heterocycles. The second-order valence-electron chi connectivity index (χ2n) is 6.77. The maximum atomic E-state index is 12.4. The van der Waals surface area contributed by atoms with Crippen LogP contribution in [0.5, 0.6) is 0 Å². The van der Waals surface area contributed by atoms with Crippen molar-refractivity contribution in [1.82, 2.24) is 0 Å². The molecule has 0 saturated heterocycles. The first-order chi connectivity index (χ1) is 9.38. The van der Waals surface area contributed by atoms with E-state index in [1.807, 2.05) is 13.8 Å².